The molecule has 0 aliphatic carbocycles. The Morgan fingerprint density at radius 2 is 1.80 bits per heavy atom. The minimum atomic E-state index is -4.04. The van der Waals surface area contributed by atoms with Crippen LogP contribution in [0.25, 0.3) is 29.3 Å². The molecule has 0 atom stereocenters. The van der Waals surface area contributed by atoms with Gasteiger partial charge in [0.1, 0.15) is 11.9 Å². The van der Waals surface area contributed by atoms with Crippen LogP contribution in [0.2, 0.25) is 5.02 Å². The number of aromatic nitrogens is 2. The Hall–Kier alpha value is -4.06. The van der Waals surface area contributed by atoms with Crippen LogP contribution in [0, 0.1) is 13.8 Å². The van der Waals surface area contributed by atoms with E-state index in [9.17, 15) is 13.2 Å². The second kappa shape index (κ2) is 12.9. The lowest BCUT2D eigenvalue weighted by atomic mass is 10.1. The summed E-state index contributed by atoms with van der Waals surface area (Å²) in [5.74, 6) is 1.35. The van der Waals surface area contributed by atoms with Crippen LogP contribution in [0.15, 0.2) is 62.0 Å². The number of oxazole rings is 2. The first-order valence-corrected chi connectivity index (χ1v) is 16.4. The van der Waals surface area contributed by atoms with Crippen LogP contribution in [-0.4, -0.2) is 29.8 Å². The van der Waals surface area contributed by atoms with Crippen molar-refractivity contribution in [2.75, 3.05) is 17.2 Å². The highest BCUT2D eigenvalue weighted by molar-refractivity contribution is 7.85. The van der Waals surface area contributed by atoms with Gasteiger partial charge >= 0.3 is 11.5 Å². The summed E-state index contributed by atoms with van der Waals surface area (Å²) >= 11 is 6.17. The molecule has 4 aromatic rings. The molecule has 2 aromatic carbocycles. The van der Waals surface area contributed by atoms with Crippen LogP contribution in [0.4, 0.5) is 5.69 Å². The lowest BCUT2D eigenvalue weighted by Gasteiger charge is -2.17. The van der Waals surface area contributed by atoms with Crippen LogP contribution < -0.4 is 30.7 Å². The molecule has 3 heterocycles. The highest BCUT2D eigenvalue weighted by Crippen LogP contribution is 2.40. The molecule has 0 spiro atoms. The maximum atomic E-state index is 12.9. The molecule has 0 bridgehead atoms. The number of halogens is 1. The highest BCUT2D eigenvalue weighted by Gasteiger charge is 2.26. The van der Waals surface area contributed by atoms with Crippen LogP contribution in [0.3, 0.4) is 0 Å². The van der Waals surface area contributed by atoms with E-state index >= 15 is 0 Å². The van der Waals surface area contributed by atoms with Gasteiger partial charge in [0.15, 0.2) is 5.75 Å². The molecular formula is C32H35ClN3O7S+. The third kappa shape index (κ3) is 6.69. The molecule has 0 saturated carbocycles. The summed E-state index contributed by atoms with van der Waals surface area (Å²) in [6, 6.07) is 9.41. The molecule has 0 saturated heterocycles. The summed E-state index contributed by atoms with van der Waals surface area (Å²) in [6.45, 7) is 9.76. The van der Waals surface area contributed by atoms with E-state index in [0.29, 0.717) is 53.0 Å². The predicted molar refractivity (Wildman–Crippen MR) is 171 cm³/mol. The van der Waals surface area contributed by atoms with Crippen molar-refractivity contribution in [1.82, 2.24) is 4.57 Å². The third-order valence-corrected chi connectivity index (χ3v) is 8.57. The summed E-state index contributed by atoms with van der Waals surface area (Å²) in [7, 11) is -4.04. The smallest absolute Gasteiger partial charge is 0.374 e. The lowest BCUT2D eigenvalue weighted by Crippen LogP contribution is -2.33. The van der Waals surface area contributed by atoms with Gasteiger partial charge in [0.25, 0.3) is 15.6 Å². The molecule has 2 aromatic heterocycles. The SMILES string of the molecule is CCn1c(=CC=Cc2oc3cc(C)c(C)cc3[n+]2CC)oc(=O)c1=CC=C1Oc2cc(Cl)ccc2N1CCCCS(=O)(=O)O. The van der Waals surface area contributed by atoms with Gasteiger partial charge < -0.3 is 23.0 Å². The topological polar surface area (TPSA) is 119 Å². The molecule has 0 fully saturated rings. The Balaban J connectivity index is 1.46. The number of nitrogens with zero attached hydrogens (tertiary/aromatic N) is 3. The molecule has 0 amide bonds. The predicted octanol–water partition coefficient (Wildman–Crippen LogP) is 4.47. The largest absolute Gasteiger partial charge is 0.439 e. The zero-order valence-electron chi connectivity index (χ0n) is 25.0. The first-order valence-electron chi connectivity index (χ1n) is 14.4. The van der Waals surface area contributed by atoms with Crippen molar-refractivity contribution >= 4 is 56.7 Å². The van der Waals surface area contributed by atoms with Crippen molar-refractivity contribution in [3.63, 3.8) is 0 Å². The zero-order valence-corrected chi connectivity index (χ0v) is 26.6. The number of hydrogen-bond donors (Lipinski definition) is 1. The van der Waals surface area contributed by atoms with Gasteiger partial charge in [-0.05, 0) is 88.1 Å². The fraction of sp³-hybridized carbons (Fsp3) is 0.312. The van der Waals surface area contributed by atoms with Crippen LogP contribution in [0.1, 0.15) is 43.7 Å². The summed E-state index contributed by atoms with van der Waals surface area (Å²) in [5, 5.41) is 0.841. The fourth-order valence-corrected chi connectivity index (χ4v) is 5.93. The van der Waals surface area contributed by atoms with Crippen LogP contribution >= 0.6 is 11.6 Å². The van der Waals surface area contributed by atoms with E-state index in [0.717, 1.165) is 28.9 Å². The number of aryl methyl sites for hydroxylation is 3. The van der Waals surface area contributed by atoms with Crippen LogP contribution in [-0.2, 0) is 23.2 Å². The van der Waals surface area contributed by atoms with Crippen molar-refractivity contribution < 1.29 is 31.1 Å². The number of ether oxygens (including phenoxy) is 1. The standard InChI is InChI=1S/C32H34ClN3O7S/c1-5-34-25(14-15-31-36(16-7-8-17-44(38,39)40)24-13-12-23(33)20-28(24)42-31)32(37)43-30(34)11-9-10-29-35(6-2)26-18-21(3)22(4)19-27(26)41-29/h9-15,18-20H,5-8,16-17H2,1-4H3/p+1. The Morgan fingerprint density at radius 1 is 1.02 bits per heavy atom. The maximum Gasteiger partial charge on any atom is 0.374 e. The molecular weight excluding hydrogens is 606 g/mol. The number of rotatable bonds is 10. The molecule has 10 nitrogen and oxygen atoms in total. The number of allylic oxidation sites excluding steroid dienone is 2. The highest BCUT2D eigenvalue weighted by atomic mass is 35.5. The normalized spacial score (nSPS) is 15.3. The van der Waals surface area contributed by atoms with E-state index in [1.807, 2.05) is 30.0 Å². The van der Waals surface area contributed by atoms with Gasteiger partial charge in [-0.25, -0.2) is 4.79 Å². The second-order valence-corrected chi connectivity index (χ2v) is 12.5. The molecule has 5 rings (SSSR count). The minimum Gasteiger partial charge on any atom is -0.439 e. The maximum absolute atomic E-state index is 12.9. The first kappa shape index (κ1) is 31.4. The van der Waals surface area contributed by atoms with Gasteiger partial charge in [-0.15, -0.1) is 0 Å². The summed E-state index contributed by atoms with van der Waals surface area (Å²) < 4.78 is 53.0. The fourth-order valence-electron chi connectivity index (χ4n) is 5.19. The zero-order chi connectivity index (χ0) is 31.6. The molecule has 0 radical (unpaired) electrons. The lowest BCUT2D eigenvalue weighted by molar-refractivity contribution is -0.674. The molecule has 12 heteroatoms. The van der Waals surface area contributed by atoms with Gasteiger partial charge in [-0.2, -0.15) is 13.0 Å². The van der Waals surface area contributed by atoms with Gasteiger partial charge in [0, 0.05) is 36.3 Å². The average molecular weight is 641 g/mol. The average Bonchev–Trinajstić information content (AvgIpc) is 3.58. The van der Waals surface area contributed by atoms with E-state index in [-0.39, 0.29) is 12.2 Å². The van der Waals surface area contributed by atoms with E-state index in [2.05, 4.69) is 31.4 Å². The molecule has 1 aliphatic rings. The third-order valence-electron chi connectivity index (χ3n) is 7.53. The van der Waals surface area contributed by atoms with Crippen molar-refractivity contribution in [3.05, 3.63) is 91.7 Å². The Labute approximate surface area is 260 Å². The van der Waals surface area contributed by atoms with Crippen molar-refractivity contribution in [2.24, 2.45) is 0 Å². The summed E-state index contributed by atoms with van der Waals surface area (Å²) in [6.07, 6.45) is 9.44. The van der Waals surface area contributed by atoms with E-state index in [4.69, 9.17) is 29.7 Å². The van der Waals surface area contributed by atoms with Gasteiger partial charge in [0.2, 0.25) is 17.0 Å². The van der Waals surface area contributed by atoms with Crippen molar-refractivity contribution in [2.45, 2.75) is 53.6 Å². The van der Waals surface area contributed by atoms with Crippen molar-refractivity contribution in [3.8, 4) is 5.75 Å². The van der Waals surface area contributed by atoms with Gasteiger partial charge in [-0.3, -0.25) is 4.55 Å². The monoisotopic (exact) mass is 640 g/mol. The summed E-state index contributed by atoms with van der Waals surface area (Å²) in [5.41, 5.74) is 4.84. The van der Waals surface area contributed by atoms with Gasteiger partial charge in [-0.1, -0.05) is 11.6 Å². The van der Waals surface area contributed by atoms with Gasteiger partial charge in [0.05, 0.1) is 17.5 Å². The van der Waals surface area contributed by atoms with Crippen molar-refractivity contribution in [1.29, 1.82) is 0 Å². The number of fused-ring (bicyclic) bond motifs is 2. The van der Waals surface area contributed by atoms with E-state index in [1.54, 1.807) is 41.0 Å². The minimum absolute atomic E-state index is 0.274. The number of anilines is 1. The summed E-state index contributed by atoms with van der Waals surface area (Å²) in [4.78, 5) is 14.8. The molecule has 44 heavy (non-hydrogen) atoms. The molecule has 1 aliphatic heterocycles. The quantitative estimate of drug-likeness (QED) is 0.153. The number of hydrogen-bond acceptors (Lipinski definition) is 7. The van der Waals surface area contributed by atoms with E-state index in [1.165, 1.54) is 5.56 Å². The molecule has 1 N–H and O–H groups in total. The Bertz CT molecular complexity index is 2070. The molecule has 232 valence electrons. The van der Waals surface area contributed by atoms with E-state index < -0.39 is 15.7 Å². The second-order valence-electron chi connectivity index (χ2n) is 10.5. The Kier molecular flexibility index (Phi) is 9.19. The number of unbranched alkanes of at least 4 members (excludes halogenated alkanes) is 1. The Morgan fingerprint density at radius 3 is 2.52 bits per heavy atom. The molecule has 0 unspecified atom stereocenters. The first-order chi connectivity index (χ1) is 21.0. The number of benzene rings is 2. The van der Waals surface area contributed by atoms with Crippen LogP contribution in [0.5, 0.6) is 5.75 Å².